The fourth-order valence-electron chi connectivity index (χ4n) is 1.32. The molecule has 0 heterocycles. The molecule has 1 rings (SSSR count). The minimum absolute atomic E-state index is 0.489. The predicted molar refractivity (Wildman–Crippen MR) is 59.2 cm³/mol. The molecule has 7 nitrogen and oxygen atoms in total. The van der Waals surface area contributed by atoms with Crippen molar-refractivity contribution in [3.05, 3.63) is 22.0 Å². The Labute approximate surface area is 106 Å². The Bertz CT molecular complexity index is 602. The molecule has 0 aliphatic carbocycles. The summed E-state index contributed by atoms with van der Waals surface area (Å²) < 4.78 is 45.3. The van der Waals surface area contributed by atoms with Crippen molar-refractivity contribution < 1.29 is 27.2 Å². The first-order chi connectivity index (χ1) is 8.23. The maximum Gasteiger partial charge on any atom is 0.315 e. The predicted octanol–water partition coefficient (Wildman–Crippen LogP) is 1.68. The Morgan fingerprint density at radius 2 is 1.83 bits per heavy atom. The van der Waals surface area contributed by atoms with E-state index in [4.69, 9.17) is 10.7 Å². The van der Waals surface area contributed by atoms with Gasteiger partial charge in [0.15, 0.2) is 16.5 Å². The Morgan fingerprint density at radius 3 is 2.17 bits per heavy atom. The van der Waals surface area contributed by atoms with Crippen molar-refractivity contribution in [2.24, 2.45) is 0 Å². The topological polar surface area (TPSA) is 95.7 Å². The van der Waals surface area contributed by atoms with E-state index >= 15 is 0 Å². The number of hydrogen-bond donors (Lipinski definition) is 0. The first kappa shape index (κ1) is 14.5. The molecule has 0 amide bonds. The fraction of sp³-hybridized carbons (Fsp3) is 0.250. The van der Waals surface area contributed by atoms with Crippen molar-refractivity contribution in [1.82, 2.24) is 0 Å². The lowest BCUT2D eigenvalue weighted by molar-refractivity contribution is -0.386. The Morgan fingerprint density at radius 1 is 1.33 bits per heavy atom. The van der Waals surface area contributed by atoms with Gasteiger partial charge in [-0.1, -0.05) is 0 Å². The number of rotatable bonds is 4. The number of halogens is 2. The lowest BCUT2D eigenvalue weighted by atomic mass is 10.2. The number of ether oxygens (including phenoxy) is 2. The molecule has 10 heteroatoms. The molecule has 0 unspecified atom stereocenters. The molecular weight excluding hydrogens is 293 g/mol. The van der Waals surface area contributed by atoms with Crippen molar-refractivity contribution in [3.8, 4) is 11.5 Å². The third-order valence-corrected chi connectivity index (χ3v) is 3.30. The van der Waals surface area contributed by atoms with Crippen LogP contribution in [-0.4, -0.2) is 27.6 Å². The first-order valence-electron chi connectivity index (χ1n) is 4.27. The normalized spacial score (nSPS) is 11.1. The third-order valence-electron chi connectivity index (χ3n) is 1.97. The van der Waals surface area contributed by atoms with Crippen LogP contribution in [0.5, 0.6) is 11.5 Å². The highest BCUT2D eigenvalue weighted by Crippen LogP contribution is 2.43. The highest BCUT2D eigenvalue weighted by Gasteiger charge is 2.33. The average Bonchev–Trinajstić information content (AvgIpc) is 2.25. The van der Waals surface area contributed by atoms with E-state index in [9.17, 15) is 22.9 Å². The summed E-state index contributed by atoms with van der Waals surface area (Å²) in [6.07, 6.45) is 0. The van der Waals surface area contributed by atoms with Crippen LogP contribution in [-0.2, 0) is 9.05 Å². The molecule has 18 heavy (non-hydrogen) atoms. The monoisotopic (exact) mass is 299 g/mol. The van der Waals surface area contributed by atoms with Gasteiger partial charge in [0.25, 0.3) is 9.05 Å². The summed E-state index contributed by atoms with van der Waals surface area (Å²) in [5, 5.41) is 10.7. The summed E-state index contributed by atoms with van der Waals surface area (Å²) in [5.41, 5.74) is -0.866. The maximum atomic E-state index is 13.5. The fourth-order valence-corrected chi connectivity index (χ4v) is 2.56. The van der Waals surface area contributed by atoms with Crippen LogP contribution in [0.1, 0.15) is 0 Å². The van der Waals surface area contributed by atoms with Gasteiger partial charge in [-0.15, -0.1) is 0 Å². The minimum atomic E-state index is -4.49. The van der Waals surface area contributed by atoms with Gasteiger partial charge < -0.3 is 9.47 Å². The summed E-state index contributed by atoms with van der Waals surface area (Å²) in [6.45, 7) is 0. The van der Waals surface area contributed by atoms with Crippen LogP contribution in [0.3, 0.4) is 0 Å². The molecule has 0 radical (unpaired) electrons. The van der Waals surface area contributed by atoms with Gasteiger partial charge in [0.2, 0.25) is 5.75 Å². The SMILES string of the molecule is COc1c(F)cc([N+](=O)[O-])c(OC)c1S(=O)(=O)Cl. The Balaban J connectivity index is 3.88. The van der Waals surface area contributed by atoms with Crippen LogP contribution < -0.4 is 9.47 Å². The van der Waals surface area contributed by atoms with Crippen molar-refractivity contribution in [3.63, 3.8) is 0 Å². The zero-order valence-electron chi connectivity index (χ0n) is 9.14. The van der Waals surface area contributed by atoms with E-state index in [1.54, 1.807) is 0 Å². The average molecular weight is 300 g/mol. The summed E-state index contributed by atoms with van der Waals surface area (Å²) in [6, 6.07) is 0.489. The number of nitrogens with zero attached hydrogens (tertiary/aromatic N) is 1. The molecule has 0 N–H and O–H groups in total. The van der Waals surface area contributed by atoms with Gasteiger partial charge >= 0.3 is 5.69 Å². The number of benzene rings is 1. The molecule has 0 aliphatic rings. The summed E-state index contributed by atoms with van der Waals surface area (Å²) in [7, 11) is 2.60. The van der Waals surface area contributed by atoms with E-state index in [0.29, 0.717) is 6.07 Å². The highest BCUT2D eigenvalue weighted by molar-refractivity contribution is 8.14. The van der Waals surface area contributed by atoms with Gasteiger partial charge in [-0.25, -0.2) is 12.8 Å². The van der Waals surface area contributed by atoms with E-state index in [2.05, 4.69) is 9.47 Å². The van der Waals surface area contributed by atoms with Gasteiger partial charge in [-0.05, 0) is 0 Å². The van der Waals surface area contributed by atoms with Crippen molar-refractivity contribution >= 4 is 25.4 Å². The molecule has 0 bridgehead atoms. The lowest BCUT2D eigenvalue weighted by Crippen LogP contribution is -2.05. The van der Waals surface area contributed by atoms with Gasteiger partial charge in [-0.2, -0.15) is 0 Å². The summed E-state index contributed by atoms with van der Waals surface area (Å²) >= 11 is 0. The molecule has 1 aromatic carbocycles. The Hall–Kier alpha value is -1.61. The second-order valence-electron chi connectivity index (χ2n) is 2.97. The summed E-state index contributed by atoms with van der Waals surface area (Å²) in [5.74, 6) is -2.66. The molecule has 0 spiro atoms. The second kappa shape index (κ2) is 4.94. The molecular formula is C8H7ClFNO6S. The molecule has 0 aromatic heterocycles. The van der Waals surface area contributed by atoms with Gasteiger partial charge in [0.05, 0.1) is 25.2 Å². The molecule has 100 valence electrons. The lowest BCUT2D eigenvalue weighted by Gasteiger charge is -2.11. The van der Waals surface area contributed by atoms with Crippen molar-refractivity contribution in [2.75, 3.05) is 14.2 Å². The maximum absolute atomic E-state index is 13.5. The number of methoxy groups -OCH3 is 2. The zero-order chi connectivity index (χ0) is 14.1. The zero-order valence-corrected chi connectivity index (χ0v) is 10.7. The largest absolute Gasteiger partial charge is 0.492 e. The van der Waals surface area contributed by atoms with Gasteiger partial charge in [0, 0.05) is 10.7 Å². The smallest absolute Gasteiger partial charge is 0.315 e. The molecule has 0 aliphatic heterocycles. The standard InChI is InChI=1S/C8H7ClFNO6S/c1-16-6-4(10)3-5(11(12)13)7(17-2)8(6)18(9,14)15/h3H,1-2H3. The third kappa shape index (κ3) is 2.46. The van der Waals surface area contributed by atoms with E-state index < -0.39 is 41.9 Å². The van der Waals surface area contributed by atoms with Crippen LogP contribution in [0.15, 0.2) is 11.0 Å². The first-order valence-corrected chi connectivity index (χ1v) is 6.58. The van der Waals surface area contributed by atoms with Crippen molar-refractivity contribution in [2.45, 2.75) is 4.90 Å². The number of nitro groups is 1. The Kier molecular flexibility index (Phi) is 3.97. The molecule has 0 atom stereocenters. The number of hydrogen-bond acceptors (Lipinski definition) is 6. The molecule has 0 fully saturated rings. The number of nitro benzene ring substituents is 1. The van der Waals surface area contributed by atoms with E-state index in [1.807, 2.05) is 0 Å². The van der Waals surface area contributed by atoms with E-state index in [1.165, 1.54) is 0 Å². The van der Waals surface area contributed by atoms with Crippen LogP contribution in [0.4, 0.5) is 10.1 Å². The second-order valence-corrected chi connectivity index (χ2v) is 5.47. The van der Waals surface area contributed by atoms with E-state index in [-0.39, 0.29) is 0 Å². The van der Waals surface area contributed by atoms with Gasteiger partial charge in [-0.3, -0.25) is 10.1 Å². The highest BCUT2D eigenvalue weighted by atomic mass is 35.7. The van der Waals surface area contributed by atoms with Crippen LogP contribution in [0, 0.1) is 15.9 Å². The van der Waals surface area contributed by atoms with Gasteiger partial charge in [0.1, 0.15) is 0 Å². The molecule has 0 saturated carbocycles. The summed E-state index contributed by atoms with van der Waals surface area (Å²) in [4.78, 5) is 8.78. The van der Waals surface area contributed by atoms with Crippen LogP contribution in [0.25, 0.3) is 0 Å². The van der Waals surface area contributed by atoms with Crippen molar-refractivity contribution in [1.29, 1.82) is 0 Å². The van der Waals surface area contributed by atoms with Crippen LogP contribution in [0.2, 0.25) is 0 Å². The van der Waals surface area contributed by atoms with E-state index in [0.717, 1.165) is 14.2 Å². The minimum Gasteiger partial charge on any atom is -0.492 e. The molecule has 1 aromatic rings. The molecule has 0 saturated heterocycles. The van der Waals surface area contributed by atoms with Crippen LogP contribution >= 0.6 is 10.7 Å². The quantitative estimate of drug-likeness (QED) is 0.477.